The van der Waals surface area contributed by atoms with Crippen molar-refractivity contribution in [2.24, 2.45) is 0 Å². The lowest BCUT2D eigenvalue weighted by Crippen LogP contribution is -2.25. The first kappa shape index (κ1) is 17.9. The van der Waals surface area contributed by atoms with Crippen LogP contribution in [0.2, 0.25) is 0 Å². The molecule has 0 aromatic heterocycles. The van der Waals surface area contributed by atoms with Gasteiger partial charge in [0.15, 0.2) is 11.5 Å². The first-order chi connectivity index (χ1) is 12.6. The van der Waals surface area contributed by atoms with Crippen molar-refractivity contribution in [2.75, 3.05) is 7.11 Å². The van der Waals surface area contributed by atoms with Gasteiger partial charge in [0, 0.05) is 11.6 Å². The molecule has 26 heavy (non-hydrogen) atoms. The molecule has 1 aliphatic carbocycles. The first-order valence-corrected chi connectivity index (χ1v) is 8.26. The molecule has 1 unspecified atom stereocenters. The Bertz CT molecular complexity index is 820. The number of ether oxygens (including phenoxy) is 2. The number of nitrogens with one attached hydrogen (secondary N) is 1. The predicted molar refractivity (Wildman–Crippen MR) is 94.3 cm³/mol. The van der Waals surface area contributed by atoms with Gasteiger partial charge in [-0.1, -0.05) is 36.4 Å². The topological polar surface area (TPSA) is 47.6 Å². The van der Waals surface area contributed by atoms with Crippen molar-refractivity contribution in [1.82, 2.24) is 5.32 Å². The SMILES string of the molecule is COc1cccc(/C=C/C(=O)NC2CCc3ccccc32)c1OC(F)F. The molecule has 4 nitrogen and oxygen atoms in total. The van der Waals surface area contributed by atoms with E-state index in [4.69, 9.17) is 4.74 Å². The molecule has 0 saturated carbocycles. The molecule has 1 aliphatic rings. The fraction of sp³-hybridized carbons (Fsp3) is 0.250. The van der Waals surface area contributed by atoms with Crippen LogP contribution >= 0.6 is 0 Å². The van der Waals surface area contributed by atoms with Gasteiger partial charge in [0.2, 0.25) is 5.91 Å². The van der Waals surface area contributed by atoms with Crippen LogP contribution in [0, 0.1) is 0 Å². The number of carbonyl (C=O) groups excluding carboxylic acids is 1. The maximum Gasteiger partial charge on any atom is 0.387 e. The maximum atomic E-state index is 12.6. The second-order valence-corrected chi connectivity index (χ2v) is 5.89. The minimum atomic E-state index is -2.98. The molecule has 2 aromatic rings. The smallest absolute Gasteiger partial charge is 0.387 e. The Hall–Kier alpha value is -2.89. The summed E-state index contributed by atoms with van der Waals surface area (Å²) in [5, 5.41) is 2.95. The number of carbonyl (C=O) groups is 1. The van der Waals surface area contributed by atoms with E-state index in [2.05, 4.69) is 16.1 Å². The van der Waals surface area contributed by atoms with Crippen molar-refractivity contribution >= 4 is 12.0 Å². The van der Waals surface area contributed by atoms with E-state index in [9.17, 15) is 13.6 Å². The van der Waals surface area contributed by atoms with Crippen LogP contribution in [0.3, 0.4) is 0 Å². The number of halogens is 2. The van der Waals surface area contributed by atoms with E-state index in [0.717, 1.165) is 18.4 Å². The second kappa shape index (κ2) is 7.99. The van der Waals surface area contributed by atoms with Crippen LogP contribution in [-0.2, 0) is 11.2 Å². The average molecular weight is 359 g/mol. The lowest BCUT2D eigenvalue weighted by molar-refractivity contribution is -0.117. The van der Waals surface area contributed by atoms with Gasteiger partial charge in [0.1, 0.15) is 0 Å². The second-order valence-electron chi connectivity index (χ2n) is 5.89. The van der Waals surface area contributed by atoms with Gasteiger partial charge in [-0.3, -0.25) is 4.79 Å². The number of rotatable bonds is 6. The Balaban J connectivity index is 1.73. The van der Waals surface area contributed by atoms with Crippen molar-refractivity contribution in [3.63, 3.8) is 0 Å². The third-order valence-electron chi connectivity index (χ3n) is 4.30. The minimum Gasteiger partial charge on any atom is -0.493 e. The van der Waals surface area contributed by atoms with Crippen LogP contribution in [0.15, 0.2) is 48.5 Å². The zero-order chi connectivity index (χ0) is 18.5. The number of hydrogen-bond acceptors (Lipinski definition) is 3. The third-order valence-corrected chi connectivity index (χ3v) is 4.30. The van der Waals surface area contributed by atoms with E-state index in [1.54, 1.807) is 12.1 Å². The molecule has 0 heterocycles. The zero-order valence-corrected chi connectivity index (χ0v) is 14.2. The Labute approximate surface area is 150 Å². The number of hydrogen-bond donors (Lipinski definition) is 1. The number of alkyl halides is 2. The summed E-state index contributed by atoms with van der Waals surface area (Å²) in [4.78, 5) is 12.3. The van der Waals surface area contributed by atoms with Gasteiger partial charge in [-0.15, -0.1) is 0 Å². The van der Waals surface area contributed by atoms with Gasteiger partial charge in [-0.05, 0) is 36.1 Å². The summed E-state index contributed by atoms with van der Waals surface area (Å²) in [7, 11) is 1.37. The van der Waals surface area contributed by atoms with Gasteiger partial charge in [-0.25, -0.2) is 0 Å². The molecule has 0 aliphatic heterocycles. The summed E-state index contributed by atoms with van der Waals surface area (Å²) in [5.74, 6) is -0.213. The van der Waals surface area contributed by atoms with Crippen LogP contribution in [0.25, 0.3) is 6.08 Å². The van der Waals surface area contributed by atoms with E-state index in [0.29, 0.717) is 5.56 Å². The summed E-state index contributed by atoms with van der Waals surface area (Å²) in [5.41, 5.74) is 2.70. The number of amides is 1. The first-order valence-electron chi connectivity index (χ1n) is 8.26. The molecular weight excluding hydrogens is 340 g/mol. The number of aryl methyl sites for hydroxylation is 1. The Morgan fingerprint density at radius 2 is 2.04 bits per heavy atom. The number of fused-ring (bicyclic) bond motifs is 1. The maximum absolute atomic E-state index is 12.6. The Morgan fingerprint density at radius 1 is 1.23 bits per heavy atom. The lowest BCUT2D eigenvalue weighted by atomic mass is 10.1. The van der Waals surface area contributed by atoms with Gasteiger partial charge in [0.05, 0.1) is 13.2 Å². The van der Waals surface area contributed by atoms with Crippen LogP contribution in [0.1, 0.15) is 29.2 Å². The van der Waals surface area contributed by atoms with Crippen molar-refractivity contribution in [1.29, 1.82) is 0 Å². The molecule has 0 spiro atoms. The molecule has 0 radical (unpaired) electrons. The highest BCUT2D eigenvalue weighted by Crippen LogP contribution is 2.33. The minimum absolute atomic E-state index is 0.0366. The van der Waals surface area contributed by atoms with E-state index in [1.165, 1.54) is 30.9 Å². The Kier molecular flexibility index (Phi) is 5.51. The third kappa shape index (κ3) is 4.02. The van der Waals surface area contributed by atoms with E-state index in [1.807, 2.05) is 18.2 Å². The van der Waals surface area contributed by atoms with Gasteiger partial charge >= 0.3 is 6.61 Å². The van der Waals surface area contributed by atoms with E-state index < -0.39 is 6.61 Å². The van der Waals surface area contributed by atoms with Crippen LogP contribution in [0.4, 0.5) is 8.78 Å². The molecule has 136 valence electrons. The molecule has 3 rings (SSSR count). The largest absolute Gasteiger partial charge is 0.493 e. The highest BCUT2D eigenvalue weighted by Gasteiger charge is 2.22. The predicted octanol–water partition coefficient (Wildman–Crippen LogP) is 4.11. The Morgan fingerprint density at radius 3 is 2.81 bits per heavy atom. The van der Waals surface area contributed by atoms with E-state index >= 15 is 0 Å². The molecule has 0 bridgehead atoms. The highest BCUT2D eigenvalue weighted by atomic mass is 19.3. The summed E-state index contributed by atoms with van der Waals surface area (Å²) in [6.45, 7) is -2.98. The molecular formula is C20H19F2NO3. The highest BCUT2D eigenvalue weighted by molar-refractivity contribution is 5.92. The summed E-state index contributed by atoms with van der Waals surface area (Å²) in [6, 6.07) is 12.7. The summed E-state index contributed by atoms with van der Waals surface area (Å²) in [6.07, 6.45) is 4.52. The molecule has 1 atom stereocenters. The fourth-order valence-electron chi connectivity index (χ4n) is 3.13. The summed E-state index contributed by atoms with van der Waals surface area (Å²) < 4.78 is 34.9. The fourth-order valence-corrected chi connectivity index (χ4v) is 3.13. The van der Waals surface area contributed by atoms with Gasteiger partial charge in [-0.2, -0.15) is 8.78 Å². The molecule has 1 N–H and O–H groups in total. The van der Waals surface area contributed by atoms with Crippen LogP contribution < -0.4 is 14.8 Å². The van der Waals surface area contributed by atoms with Crippen molar-refractivity contribution in [3.05, 3.63) is 65.2 Å². The van der Waals surface area contributed by atoms with Crippen molar-refractivity contribution in [2.45, 2.75) is 25.5 Å². The molecule has 6 heteroatoms. The average Bonchev–Trinajstić information content (AvgIpc) is 3.03. The molecule has 2 aromatic carbocycles. The zero-order valence-electron chi connectivity index (χ0n) is 14.2. The van der Waals surface area contributed by atoms with Gasteiger partial charge < -0.3 is 14.8 Å². The molecule has 0 fully saturated rings. The normalized spacial score (nSPS) is 15.9. The molecule has 0 saturated heterocycles. The number of para-hydroxylation sites is 1. The van der Waals surface area contributed by atoms with Crippen LogP contribution in [-0.4, -0.2) is 19.6 Å². The number of methoxy groups -OCH3 is 1. The van der Waals surface area contributed by atoms with Gasteiger partial charge in [0.25, 0.3) is 0 Å². The standard InChI is InChI=1S/C20H19F2NO3/c1-25-17-8-4-6-14(19(17)26-20(21)22)10-12-18(24)23-16-11-9-13-5-2-3-7-15(13)16/h2-8,10,12,16,20H,9,11H2,1H3,(H,23,24)/b12-10+. The monoisotopic (exact) mass is 359 g/mol. The van der Waals surface area contributed by atoms with E-state index in [-0.39, 0.29) is 23.4 Å². The lowest BCUT2D eigenvalue weighted by Gasteiger charge is -2.13. The van der Waals surface area contributed by atoms with Crippen molar-refractivity contribution in [3.8, 4) is 11.5 Å². The summed E-state index contributed by atoms with van der Waals surface area (Å²) >= 11 is 0. The molecule has 1 amide bonds. The number of benzene rings is 2. The van der Waals surface area contributed by atoms with Crippen molar-refractivity contribution < 1.29 is 23.0 Å². The van der Waals surface area contributed by atoms with Crippen LogP contribution in [0.5, 0.6) is 11.5 Å². The quantitative estimate of drug-likeness (QED) is 0.790.